The molecule has 94 valence electrons. The molecule has 3 aromatic rings. The molecule has 0 amide bonds. The van der Waals surface area contributed by atoms with Crippen molar-refractivity contribution in [2.24, 2.45) is 0 Å². The standard InChI is InChI=1S/C15H12N2O2/c18-10-11-8-16-15(17-9-11)19-14-7-3-5-12-4-1-2-6-13(12)14/h1-9,18H,10H2. The van der Waals surface area contributed by atoms with E-state index in [1.807, 2.05) is 42.5 Å². The summed E-state index contributed by atoms with van der Waals surface area (Å²) in [6, 6.07) is 14.1. The predicted molar refractivity (Wildman–Crippen MR) is 72.0 cm³/mol. The van der Waals surface area contributed by atoms with E-state index in [4.69, 9.17) is 9.84 Å². The van der Waals surface area contributed by atoms with Crippen molar-refractivity contribution in [2.75, 3.05) is 0 Å². The molecule has 1 heterocycles. The molecule has 0 fully saturated rings. The van der Waals surface area contributed by atoms with E-state index in [2.05, 4.69) is 9.97 Å². The molecule has 0 aliphatic heterocycles. The minimum Gasteiger partial charge on any atom is -0.424 e. The summed E-state index contributed by atoms with van der Waals surface area (Å²) in [7, 11) is 0. The Balaban J connectivity index is 1.96. The lowest BCUT2D eigenvalue weighted by Crippen LogP contribution is -1.94. The van der Waals surface area contributed by atoms with E-state index in [1.165, 1.54) is 0 Å². The van der Waals surface area contributed by atoms with Crippen LogP contribution in [0.4, 0.5) is 0 Å². The van der Waals surface area contributed by atoms with E-state index in [0.717, 1.165) is 16.5 Å². The fourth-order valence-electron chi connectivity index (χ4n) is 1.86. The van der Waals surface area contributed by atoms with E-state index in [1.54, 1.807) is 12.4 Å². The molecule has 0 unspecified atom stereocenters. The lowest BCUT2D eigenvalue weighted by atomic mass is 10.1. The van der Waals surface area contributed by atoms with Gasteiger partial charge in [0.05, 0.1) is 6.61 Å². The largest absolute Gasteiger partial charge is 0.424 e. The van der Waals surface area contributed by atoms with Crippen LogP contribution >= 0.6 is 0 Å². The Bertz CT molecular complexity index is 691. The minimum atomic E-state index is -0.0749. The number of fused-ring (bicyclic) bond motifs is 1. The molecular weight excluding hydrogens is 240 g/mol. The summed E-state index contributed by atoms with van der Waals surface area (Å²) in [4.78, 5) is 8.12. The highest BCUT2D eigenvalue weighted by Crippen LogP contribution is 2.27. The molecular formula is C15H12N2O2. The molecule has 0 spiro atoms. The second-order valence-electron chi connectivity index (χ2n) is 4.11. The third-order valence-electron chi connectivity index (χ3n) is 2.82. The summed E-state index contributed by atoms with van der Waals surface area (Å²) in [5.41, 5.74) is 0.658. The first-order valence-corrected chi connectivity index (χ1v) is 5.94. The van der Waals surface area contributed by atoms with Crippen molar-refractivity contribution >= 4 is 10.8 Å². The zero-order chi connectivity index (χ0) is 13.1. The summed E-state index contributed by atoms with van der Waals surface area (Å²) in [5, 5.41) is 11.1. The second kappa shape index (κ2) is 5.04. The first kappa shape index (κ1) is 11.6. The van der Waals surface area contributed by atoms with Crippen LogP contribution in [0, 0.1) is 0 Å². The van der Waals surface area contributed by atoms with Crippen LogP contribution in [0.2, 0.25) is 0 Å². The molecule has 1 aromatic heterocycles. The molecule has 0 saturated carbocycles. The molecule has 4 heteroatoms. The Morgan fingerprint density at radius 1 is 0.947 bits per heavy atom. The molecule has 2 aromatic carbocycles. The van der Waals surface area contributed by atoms with Gasteiger partial charge in [0, 0.05) is 23.3 Å². The first-order chi connectivity index (χ1) is 9.36. The molecule has 19 heavy (non-hydrogen) atoms. The molecule has 0 bridgehead atoms. The van der Waals surface area contributed by atoms with Gasteiger partial charge in [-0.2, -0.15) is 0 Å². The third kappa shape index (κ3) is 2.39. The van der Waals surface area contributed by atoms with Crippen LogP contribution in [0.25, 0.3) is 10.8 Å². The molecule has 1 N–H and O–H groups in total. The topological polar surface area (TPSA) is 55.2 Å². The average Bonchev–Trinajstić information content (AvgIpc) is 2.48. The summed E-state index contributed by atoms with van der Waals surface area (Å²) in [6.07, 6.45) is 3.10. The second-order valence-corrected chi connectivity index (χ2v) is 4.11. The van der Waals surface area contributed by atoms with Crippen LogP contribution in [0.3, 0.4) is 0 Å². The number of hydrogen-bond donors (Lipinski definition) is 1. The summed E-state index contributed by atoms with van der Waals surface area (Å²) in [5.74, 6) is 0.717. The van der Waals surface area contributed by atoms with E-state index < -0.39 is 0 Å². The van der Waals surface area contributed by atoms with E-state index in [-0.39, 0.29) is 12.6 Å². The van der Waals surface area contributed by atoms with E-state index in [0.29, 0.717) is 5.56 Å². The minimum absolute atomic E-state index is 0.0749. The SMILES string of the molecule is OCc1cnc(Oc2cccc3ccccc23)nc1. The van der Waals surface area contributed by atoms with Gasteiger partial charge in [0.25, 0.3) is 0 Å². The number of rotatable bonds is 3. The Hall–Kier alpha value is -2.46. The van der Waals surface area contributed by atoms with Crippen molar-refractivity contribution < 1.29 is 9.84 Å². The molecule has 0 radical (unpaired) electrons. The molecule has 0 atom stereocenters. The van der Waals surface area contributed by atoms with Gasteiger partial charge < -0.3 is 9.84 Å². The van der Waals surface area contributed by atoms with Crippen LogP contribution in [-0.4, -0.2) is 15.1 Å². The van der Waals surface area contributed by atoms with Gasteiger partial charge in [0.1, 0.15) is 5.75 Å². The summed E-state index contributed by atoms with van der Waals surface area (Å²) >= 11 is 0. The van der Waals surface area contributed by atoms with Gasteiger partial charge in [-0.1, -0.05) is 36.4 Å². The van der Waals surface area contributed by atoms with Gasteiger partial charge in [-0.25, -0.2) is 9.97 Å². The van der Waals surface area contributed by atoms with E-state index in [9.17, 15) is 0 Å². The lowest BCUT2D eigenvalue weighted by Gasteiger charge is -2.07. The van der Waals surface area contributed by atoms with Gasteiger partial charge in [-0.05, 0) is 11.5 Å². The van der Waals surface area contributed by atoms with Crippen molar-refractivity contribution in [3.05, 3.63) is 60.4 Å². The van der Waals surface area contributed by atoms with E-state index >= 15 is 0 Å². The maximum absolute atomic E-state index is 8.94. The van der Waals surface area contributed by atoms with Crippen LogP contribution in [-0.2, 0) is 6.61 Å². The van der Waals surface area contributed by atoms with Crippen LogP contribution in [0.1, 0.15) is 5.56 Å². The number of aliphatic hydroxyl groups is 1. The lowest BCUT2D eigenvalue weighted by molar-refractivity contribution is 0.280. The molecule has 0 aliphatic carbocycles. The van der Waals surface area contributed by atoms with Crippen molar-refractivity contribution in [2.45, 2.75) is 6.61 Å². The zero-order valence-corrected chi connectivity index (χ0v) is 10.2. The van der Waals surface area contributed by atoms with Crippen LogP contribution in [0.5, 0.6) is 11.8 Å². The van der Waals surface area contributed by atoms with Gasteiger partial charge in [-0.15, -0.1) is 0 Å². The Kier molecular flexibility index (Phi) is 3.08. The fourth-order valence-corrected chi connectivity index (χ4v) is 1.86. The average molecular weight is 252 g/mol. The van der Waals surface area contributed by atoms with Crippen molar-refractivity contribution in [3.8, 4) is 11.8 Å². The number of aliphatic hydroxyl groups excluding tert-OH is 1. The normalized spacial score (nSPS) is 10.6. The molecule has 3 rings (SSSR count). The van der Waals surface area contributed by atoms with Crippen molar-refractivity contribution in [1.82, 2.24) is 9.97 Å². The van der Waals surface area contributed by atoms with Crippen LogP contribution < -0.4 is 4.74 Å². The highest BCUT2D eigenvalue weighted by Gasteiger charge is 2.04. The monoisotopic (exact) mass is 252 g/mol. The van der Waals surface area contributed by atoms with Crippen molar-refractivity contribution in [1.29, 1.82) is 0 Å². The third-order valence-corrected chi connectivity index (χ3v) is 2.82. The van der Waals surface area contributed by atoms with Crippen LogP contribution in [0.15, 0.2) is 54.9 Å². The fraction of sp³-hybridized carbons (Fsp3) is 0.0667. The molecule has 0 aliphatic rings. The van der Waals surface area contributed by atoms with Gasteiger partial charge in [0.2, 0.25) is 0 Å². The molecule has 0 saturated heterocycles. The summed E-state index contributed by atoms with van der Waals surface area (Å²) in [6.45, 7) is -0.0749. The van der Waals surface area contributed by atoms with Gasteiger partial charge in [0.15, 0.2) is 0 Å². The smallest absolute Gasteiger partial charge is 0.321 e. The quantitative estimate of drug-likeness (QED) is 0.778. The number of hydrogen-bond acceptors (Lipinski definition) is 4. The summed E-state index contributed by atoms with van der Waals surface area (Å²) < 4.78 is 5.69. The number of ether oxygens (including phenoxy) is 1. The van der Waals surface area contributed by atoms with Crippen molar-refractivity contribution in [3.63, 3.8) is 0 Å². The van der Waals surface area contributed by atoms with Gasteiger partial charge in [-0.3, -0.25) is 0 Å². The number of nitrogens with zero attached hydrogens (tertiary/aromatic N) is 2. The zero-order valence-electron chi connectivity index (χ0n) is 10.2. The Labute approximate surface area is 110 Å². The maximum atomic E-state index is 8.94. The van der Waals surface area contributed by atoms with Gasteiger partial charge >= 0.3 is 6.01 Å². The number of benzene rings is 2. The maximum Gasteiger partial charge on any atom is 0.321 e. The number of aromatic nitrogens is 2. The predicted octanol–water partition coefficient (Wildman–Crippen LogP) is 2.91. The first-order valence-electron chi connectivity index (χ1n) is 5.94. The molecule has 4 nitrogen and oxygen atoms in total. The Morgan fingerprint density at radius 3 is 2.47 bits per heavy atom. The highest BCUT2D eigenvalue weighted by molar-refractivity contribution is 5.88. The Morgan fingerprint density at radius 2 is 1.68 bits per heavy atom. The highest BCUT2D eigenvalue weighted by atomic mass is 16.5.